The van der Waals surface area contributed by atoms with Gasteiger partial charge in [-0.2, -0.15) is 5.10 Å². The number of carbonyl (C=O) groups is 1. The van der Waals surface area contributed by atoms with E-state index in [4.69, 9.17) is 17.3 Å². The predicted octanol–water partition coefficient (Wildman–Crippen LogP) is 0.826. The number of aromatic nitrogens is 2. The molecule has 0 aliphatic rings. The number of halogens is 1. The van der Waals surface area contributed by atoms with Gasteiger partial charge in [-0.05, 0) is 26.0 Å². The number of amides is 1. The maximum absolute atomic E-state index is 11.6. The molecule has 0 atom stereocenters. The zero-order valence-electron chi connectivity index (χ0n) is 9.35. The molecule has 0 bridgehead atoms. The van der Waals surface area contributed by atoms with Gasteiger partial charge in [0.25, 0.3) is 0 Å². The van der Waals surface area contributed by atoms with E-state index in [1.54, 1.807) is 17.0 Å². The summed E-state index contributed by atoms with van der Waals surface area (Å²) in [7, 11) is 0. The second-order valence-electron chi connectivity index (χ2n) is 3.67. The molecule has 0 aromatic carbocycles. The van der Waals surface area contributed by atoms with Crippen LogP contribution in [0.5, 0.6) is 0 Å². The Morgan fingerprint density at radius 3 is 2.62 bits per heavy atom. The zero-order valence-corrected chi connectivity index (χ0v) is 10.1. The molecule has 16 heavy (non-hydrogen) atoms. The van der Waals surface area contributed by atoms with Crippen LogP contribution in [-0.2, 0) is 11.3 Å². The summed E-state index contributed by atoms with van der Waals surface area (Å²) in [6, 6.07) is 3.47. The summed E-state index contributed by atoms with van der Waals surface area (Å²) >= 11 is 5.63. The van der Waals surface area contributed by atoms with Gasteiger partial charge in [0.1, 0.15) is 0 Å². The lowest BCUT2D eigenvalue weighted by molar-refractivity contribution is -0.132. The van der Waals surface area contributed by atoms with Crippen LogP contribution in [-0.4, -0.2) is 33.6 Å². The molecule has 0 saturated carbocycles. The average Bonchev–Trinajstić information content (AvgIpc) is 2.27. The summed E-state index contributed by atoms with van der Waals surface area (Å²) in [6.45, 7) is 4.25. The molecule has 1 heterocycles. The molecular formula is C10H15ClN4O. The van der Waals surface area contributed by atoms with Crippen molar-refractivity contribution in [1.82, 2.24) is 15.1 Å². The first kappa shape index (κ1) is 12.9. The smallest absolute Gasteiger partial charge is 0.236 e. The van der Waals surface area contributed by atoms with Crippen molar-refractivity contribution in [3.8, 4) is 0 Å². The van der Waals surface area contributed by atoms with E-state index >= 15 is 0 Å². The standard InChI is InChI=1S/C10H15ClN4O/c1-7(2)15(10(16)5-12)6-8-3-4-9(11)14-13-8/h3-4,7H,5-6,12H2,1-2H3. The number of carbonyl (C=O) groups excluding carboxylic acids is 1. The van der Waals surface area contributed by atoms with Crippen molar-refractivity contribution in [3.63, 3.8) is 0 Å². The molecule has 0 unspecified atom stereocenters. The van der Waals surface area contributed by atoms with Gasteiger partial charge in [0.05, 0.1) is 18.8 Å². The van der Waals surface area contributed by atoms with E-state index in [1.165, 1.54) is 0 Å². The van der Waals surface area contributed by atoms with Crippen LogP contribution in [0.15, 0.2) is 12.1 Å². The largest absolute Gasteiger partial charge is 0.333 e. The lowest BCUT2D eigenvalue weighted by Gasteiger charge is -2.25. The van der Waals surface area contributed by atoms with Crippen LogP contribution in [0.3, 0.4) is 0 Å². The third-order valence-electron chi connectivity index (χ3n) is 2.14. The summed E-state index contributed by atoms with van der Waals surface area (Å²) in [5.74, 6) is -0.105. The Kier molecular flexibility index (Phi) is 4.64. The van der Waals surface area contributed by atoms with Crippen LogP contribution >= 0.6 is 11.6 Å². The SMILES string of the molecule is CC(C)N(Cc1ccc(Cl)nn1)C(=O)CN. The van der Waals surface area contributed by atoms with Crippen LogP contribution in [0.25, 0.3) is 0 Å². The molecule has 0 fully saturated rings. The molecular weight excluding hydrogens is 228 g/mol. The van der Waals surface area contributed by atoms with Crippen LogP contribution in [0.4, 0.5) is 0 Å². The molecule has 1 amide bonds. The molecule has 88 valence electrons. The monoisotopic (exact) mass is 242 g/mol. The topological polar surface area (TPSA) is 72.1 Å². The van der Waals surface area contributed by atoms with E-state index in [0.717, 1.165) is 0 Å². The van der Waals surface area contributed by atoms with Gasteiger partial charge >= 0.3 is 0 Å². The van der Waals surface area contributed by atoms with Gasteiger partial charge in [-0.15, -0.1) is 5.10 Å². The Morgan fingerprint density at radius 1 is 1.50 bits per heavy atom. The molecule has 2 N–H and O–H groups in total. The molecule has 1 aromatic heterocycles. The molecule has 1 rings (SSSR count). The van der Waals surface area contributed by atoms with Crippen LogP contribution in [0.2, 0.25) is 5.15 Å². The minimum atomic E-state index is -0.105. The van der Waals surface area contributed by atoms with E-state index in [9.17, 15) is 4.79 Å². The van der Waals surface area contributed by atoms with E-state index in [2.05, 4.69) is 10.2 Å². The molecule has 0 radical (unpaired) electrons. The lowest BCUT2D eigenvalue weighted by Crippen LogP contribution is -2.40. The summed E-state index contributed by atoms with van der Waals surface area (Å²) < 4.78 is 0. The van der Waals surface area contributed by atoms with Crippen LogP contribution < -0.4 is 5.73 Å². The first-order valence-corrected chi connectivity index (χ1v) is 5.40. The third-order valence-corrected chi connectivity index (χ3v) is 2.34. The third kappa shape index (κ3) is 3.43. The van der Waals surface area contributed by atoms with E-state index in [-0.39, 0.29) is 18.5 Å². The quantitative estimate of drug-likeness (QED) is 0.849. The highest BCUT2D eigenvalue weighted by atomic mass is 35.5. The van der Waals surface area contributed by atoms with Gasteiger partial charge in [0, 0.05) is 6.04 Å². The Hall–Kier alpha value is -1.20. The van der Waals surface area contributed by atoms with Crippen molar-refractivity contribution in [2.75, 3.05) is 6.54 Å². The van der Waals surface area contributed by atoms with Gasteiger partial charge in [-0.3, -0.25) is 4.79 Å². The van der Waals surface area contributed by atoms with Gasteiger partial charge in [0.15, 0.2) is 5.15 Å². The lowest BCUT2D eigenvalue weighted by atomic mass is 10.2. The van der Waals surface area contributed by atoms with Gasteiger partial charge in [0.2, 0.25) is 5.91 Å². The minimum absolute atomic E-state index is 0.000795. The fourth-order valence-corrected chi connectivity index (χ4v) is 1.38. The Morgan fingerprint density at radius 2 is 2.19 bits per heavy atom. The van der Waals surface area contributed by atoms with Crippen molar-refractivity contribution in [3.05, 3.63) is 23.0 Å². The Labute approximate surface area is 99.6 Å². The fraction of sp³-hybridized carbons (Fsp3) is 0.500. The van der Waals surface area contributed by atoms with Crippen LogP contribution in [0, 0.1) is 0 Å². The maximum atomic E-state index is 11.6. The summed E-state index contributed by atoms with van der Waals surface area (Å²) in [6.07, 6.45) is 0. The van der Waals surface area contributed by atoms with Crippen molar-refractivity contribution in [1.29, 1.82) is 0 Å². The second kappa shape index (κ2) is 5.77. The molecule has 0 aliphatic heterocycles. The normalized spacial score (nSPS) is 10.6. The van der Waals surface area contributed by atoms with Crippen molar-refractivity contribution < 1.29 is 4.79 Å². The predicted molar refractivity (Wildman–Crippen MR) is 61.8 cm³/mol. The summed E-state index contributed by atoms with van der Waals surface area (Å²) in [5, 5.41) is 7.96. The van der Waals surface area contributed by atoms with Crippen LogP contribution in [0.1, 0.15) is 19.5 Å². The number of rotatable bonds is 4. The van der Waals surface area contributed by atoms with Gasteiger partial charge < -0.3 is 10.6 Å². The summed E-state index contributed by atoms with van der Waals surface area (Å²) in [4.78, 5) is 13.2. The maximum Gasteiger partial charge on any atom is 0.236 e. The number of hydrogen-bond donors (Lipinski definition) is 1. The summed E-state index contributed by atoms with van der Waals surface area (Å²) in [5.41, 5.74) is 6.03. The van der Waals surface area contributed by atoms with E-state index in [0.29, 0.717) is 17.4 Å². The molecule has 5 nitrogen and oxygen atoms in total. The second-order valence-corrected chi connectivity index (χ2v) is 4.05. The molecule has 6 heteroatoms. The molecule has 0 aliphatic carbocycles. The Bertz CT molecular complexity index is 352. The highest BCUT2D eigenvalue weighted by Gasteiger charge is 2.16. The highest BCUT2D eigenvalue weighted by molar-refractivity contribution is 6.29. The number of nitrogens with zero attached hydrogens (tertiary/aromatic N) is 3. The fourth-order valence-electron chi connectivity index (χ4n) is 1.28. The van der Waals surface area contributed by atoms with Gasteiger partial charge in [-0.1, -0.05) is 11.6 Å². The highest BCUT2D eigenvalue weighted by Crippen LogP contribution is 2.08. The first-order chi connectivity index (χ1) is 7.54. The van der Waals surface area contributed by atoms with Crippen molar-refractivity contribution >= 4 is 17.5 Å². The van der Waals surface area contributed by atoms with E-state index < -0.39 is 0 Å². The molecule has 0 spiro atoms. The van der Waals surface area contributed by atoms with Crippen molar-refractivity contribution in [2.24, 2.45) is 5.73 Å². The van der Waals surface area contributed by atoms with Crippen molar-refractivity contribution in [2.45, 2.75) is 26.4 Å². The molecule has 0 saturated heterocycles. The van der Waals surface area contributed by atoms with E-state index in [1.807, 2.05) is 13.8 Å². The molecule has 1 aromatic rings. The average molecular weight is 243 g/mol. The zero-order chi connectivity index (χ0) is 12.1. The number of hydrogen-bond acceptors (Lipinski definition) is 4. The first-order valence-electron chi connectivity index (χ1n) is 5.02. The van der Waals surface area contributed by atoms with Gasteiger partial charge in [-0.25, -0.2) is 0 Å². The number of nitrogens with two attached hydrogens (primary N) is 1. The minimum Gasteiger partial charge on any atom is -0.333 e. The Balaban J connectivity index is 2.75.